The molecule has 1 aromatic rings. The van der Waals surface area contributed by atoms with E-state index < -0.39 is 11.3 Å². The summed E-state index contributed by atoms with van der Waals surface area (Å²) in [5, 5.41) is 12.0. The summed E-state index contributed by atoms with van der Waals surface area (Å²) < 4.78 is 0. The molecule has 11 heavy (non-hydrogen) atoms. The molecule has 0 aromatic carbocycles. The molecule has 2 N–H and O–H groups in total. The number of hydrogen-bond donors (Lipinski definition) is 2. The van der Waals surface area contributed by atoms with Crippen molar-refractivity contribution in [3.05, 3.63) is 33.1 Å². The molecule has 0 bridgehead atoms. The van der Waals surface area contributed by atoms with Crippen LogP contribution in [-0.4, -0.2) is 10.1 Å². The van der Waals surface area contributed by atoms with E-state index in [2.05, 4.69) is 15.0 Å². The molecule has 0 saturated heterocycles. The van der Waals surface area contributed by atoms with Gasteiger partial charge in [-0.15, -0.1) is 0 Å². The van der Waals surface area contributed by atoms with Gasteiger partial charge < -0.3 is 10.1 Å². The van der Waals surface area contributed by atoms with Crippen LogP contribution in [0.1, 0.15) is 0 Å². The zero-order valence-electron chi connectivity index (χ0n) is 5.35. The molecule has 0 fully saturated rings. The van der Waals surface area contributed by atoms with E-state index >= 15 is 0 Å². The predicted octanol–water partition coefficient (Wildman–Crippen LogP) is 1.02. The first-order chi connectivity index (χ1) is 5.25. The Morgan fingerprint density at radius 1 is 1.73 bits per heavy atom. The SMILES string of the molecule is [N-]=[N+]=Nc1cc[nH]c(=O)c1O. The molecular formula is C5H4N4O2. The molecule has 1 aromatic heterocycles. The summed E-state index contributed by atoms with van der Waals surface area (Å²) in [5.74, 6) is -0.565. The Morgan fingerprint density at radius 2 is 2.45 bits per heavy atom. The molecule has 0 saturated carbocycles. The van der Waals surface area contributed by atoms with Crippen LogP contribution < -0.4 is 5.56 Å². The first-order valence-electron chi connectivity index (χ1n) is 2.71. The highest BCUT2D eigenvalue weighted by atomic mass is 16.3. The third-order valence-electron chi connectivity index (χ3n) is 1.07. The van der Waals surface area contributed by atoms with Crippen LogP contribution >= 0.6 is 0 Å². The minimum Gasteiger partial charge on any atom is -0.503 e. The molecule has 0 aliphatic heterocycles. The monoisotopic (exact) mass is 152 g/mol. The van der Waals surface area contributed by atoms with E-state index in [4.69, 9.17) is 10.6 Å². The normalized spacial score (nSPS) is 8.73. The number of aromatic nitrogens is 1. The molecule has 0 atom stereocenters. The van der Waals surface area contributed by atoms with Crippen molar-refractivity contribution in [2.45, 2.75) is 0 Å². The molecule has 1 rings (SSSR count). The van der Waals surface area contributed by atoms with E-state index in [9.17, 15) is 4.79 Å². The minimum atomic E-state index is -0.671. The van der Waals surface area contributed by atoms with Crippen molar-refractivity contribution in [1.29, 1.82) is 0 Å². The zero-order chi connectivity index (χ0) is 8.27. The molecule has 0 unspecified atom stereocenters. The first-order valence-corrected chi connectivity index (χ1v) is 2.71. The molecule has 0 radical (unpaired) electrons. The molecule has 0 spiro atoms. The van der Waals surface area contributed by atoms with Gasteiger partial charge in [0.25, 0.3) is 5.56 Å². The fraction of sp³-hybridized carbons (Fsp3) is 0. The average molecular weight is 152 g/mol. The van der Waals surface area contributed by atoms with Crippen molar-refractivity contribution in [3.63, 3.8) is 0 Å². The Morgan fingerprint density at radius 3 is 3.09 bits per heavy atom. The lowest BCUT2D eigenvalue weighted by atomic mass is 10.4. The highest BCUT2D eigenvalue weighted by molar-refractivity contribution is 5.47. The quantitative estimate of drug-likeness (QED) is 0.356. The Balaban J connectivity index is 3.38. The fourth-order valence-electron chi connectivity index (χ4n) is 0.589. The largest absolute Gasteiger partial charge is 0.503 e. The molecule has 6 nitrogen and oxygen atoms in total. The number of aromatic hydroxyl groups is 1. The van der Waals surface area contributed by atoms with Crippen molar-refractivity contribution in [2.24, 2.45) is 5.11 Å². The number of azide groups is 1. The van der Waals surface area contributed by atoms with Crippen molar-refractivity contribution < 1.29 is 5.11 Å². The fourth-order valence-corrected chi connectivity index (χ4v) is 0.589. The second-order valence-electron chi connectivity index (χ2n) is 1.73. The van der Waals surface area contributed by atoms with E-state index in [-0.39, 0.29) is 5.69 Å². The lowest BCUT2D eigenvalue weighted by Gasteiger charge is -1.92. The molecule has 1 heterocycles. The number of rotatable bonds is 1. The van der Waals surface area contributed by atoms with Crippen molar-refractivity contribution >= 4 is 5.69 Å². The Labute approximate surface area is 60.7 Å². The summed E-state index contributed by atoms with van der Waals surface area (Å²) in [6, 6.07) is 1.30. The van der Waals surface area contributed by atoms with Gasteiger partial charge in [0.15, 0.2) is 5.75 Å². The van der Waals surface area contributed by atoms with E-state index in [1.54, 1.807) is 0 Å². The Bertz CT molecular complexity index is 363. The van der Waals surface area contributed by atoms with Gasteiger partial charge in [0.2, 0.25) is 0 Å². The Hall–Kier alpha value is -1.94. The van der Waals surface area contributed by atoms with Crippen molar-refractivity contribution in [1.82, 2.24) is 4.98 Å². The molecule has 0 aliphatic rings. The third-order valence-corrected chi connectivity index (χ3v) is 1.07. The Kier molecular flexibility index (Phi) is 1.80. The number of nitrogens with zero attached hydrogens (tertiary/aromatic N) is 3. The lowest BCUT2D eigenvalue weighted by Crippen LogP contribution is -2.02. The van der Waals surface area contributed by atoms with Gasteiger partial charge in [0.1, 0.15) is 0 Å². The summed E-state index contributed by atoms with van der Waals surface area (Å²) in [5.41, 5.74) is 7.23. The lowest BCUT2D eigenvalue weighted by molar-refractivity contribution is 0.468. The van der Waals surface area contributed by atoms with Gasteiger partial charge in [-0.2, -0.15) is 0 Å². The highest BCUT2D eigenvalue weighted by Crippen LogP contribution is 2.19. The van der Waals surface area contributed by atoms with E-state index in [0.717, 1.165) is 0 Å². The second-order valence-corrected chi connectivity index (χ2v) is 1.73. The van der Waals surface area contributed by atoms with Gasteiger partial charge in [-0.25, -0.2) is 0 Å². The van der Waals surface area contributed by atoms with E-state index in [0.29, 0.717) is 0 Å². The average Bonchev–Trinajstić information content (AvgIpc) is 1.99. The van der Waals surface area contributed by atoms with Gasteiger partial charge in [-0.3, -0.25) is 4.79 Å². The second kappa shape index (κ2) is 2.76. The van der Waals surface area contributed by atoms with Crippen molar-refractivity contribution in [2.75, 3.05) is 0 Å². The third kappa shape index (κ3) is 1.31. The maximum Gasteiger partial charge on any atom is 0.290 e. The van der Waals surface area contributed by atoms with Crippen molar-refractivity contribution in [3.8, 4) is 5.75 Å². The maximum absolute atomic E-state index is 10.6. The summed E-state index contributed by atoms with van der Waals surface area (Å²) >= 11 is 0. The van der Waals surface area contributed by atoms with Crippen LogP contribution in [0.25, 0.3) is 10.4 Å². The van der Waals surface area contributed by atoms with Gasteiger partial charge in [0.05, 0.1) is 5.69 Å². The van der Waals surface area contributed by atoms with E-state index in [1.807, 2.05) is 0 Å². The summed E-state index contributed by atoms with van der Waals surface area (Å²) in [4.78, 5) is 15.3. The number of aromatic amines is 1. The standard InChI is InChI=1S/C5H4N4O2/c6-9-8-3-1-2-7-5(11)4(3)10/h1-2,10H,(H,7,11). The number of hydrogen-bond acceptors (Lipinski definition) is 3. The number of nitrogens with one attached hydrogen (secondary N) is 1. The summed E-state index contributed by atoms with van der Waals surface area (Å²) in [6.07, 6.45) is 1.28. The summed E-state index contributed by atoms with van der Waals surface area (Å²) in [7, 11) is 0. The van der Waals surface area contributed by atoms with Gasteiger partial charge in [-0.1, -0.05) is 5.11 Å². The van der Waals surface area contributed by atoms with Gasteiger partial charge in [0, 0.05) is 11.1 Å². The molecule has 6 heteroatoms. The van der Waals surface area contributed by atoms with Crippen LogP contribution in [0, 0.1) is 0 Å². The number of pyridine rings is 1. The first kappa shape index (κ1) is 7.17. The molecule has 0 aliphatic carbocycles. The van der Waals surface area contributed by atoms with Gasteiger partial charge in [-0.05, 0) is 11.6 Å². The molecule has 56 valence electrons. The number of H-pyrrole nitrogens is 1. The van der Waals surface area contributed by atoms with Crippen LogP contribution in [-0.2, 0) is 0 Å². The van der Waals surface area contributed by atoms with Crippen LogP contribution in [0.3, 0.4) is 0 Å². The maximum atomic E-state index is 10.6. The van der Waals surface area contributed by atoms with Crippen LogP contribution in [0.5, 0.6) is 5.75 Å². The van der Waals surface area contributed by atoms with Crippen LogP contribution in [0.4, 0.5) is 5.69 Å². The highest BCUT2D eigenvalue weighted by Gasteiger charge is 2.00. The smallest absolute Gasteiger partial charge is 0.290 e. The van der Waals surface area contributed by atoms with Crippen LogP contribution in [0.15, 0.2) is 22.2 Å². The topological polar surface area (TPSA) is 102 Å². The molecule has 0 amide bonds. The minimum absolute atomic E-state index is 0.0729. The van der Waals surface area contributed by atoms with Gasteiger partial charge >= 0.3 is 0 Å². The van der Waals surface area contributed by atoms with E-state index in [1.165, 1.54) is 12.3 Å². The van der Waals surface area contributed by atoms with Crippen LogP contribution in [0.2, 0.25) is 0 Å². The summed E-state index contributed by atoms with van der Waals surface area (Å²) in [6.45, 7) is 0. The predicted molar refractivity (Wildman–Crippen MR) is 37.5 cm³/mol. The zero-order valence-corrected chi connectivity index (χ0v) is 5.35. The molecular weight excluding hydrogens is 148 g/mol.